The highest BCUT2D eigenvalue weighted by Gasteiger charge is 2.15. The van der Waals surface area contributed by atoms with Crippen LogP contribution in [0, 0.1) is 0 Å². The second-order valence-electron chi connectivity index (χ2n) is 4.43. The first-order valence-corrected chi connectivity index (χ1v) is 6.56. The summed E-state index contributed by atoms with van der Waals surface area (Å²) in [6.07, 6.45) is 1.70. The fraction of sp³-hybridized carbons (Fsp3) is 0.0625. The number of aromatic nitrogens is 1. The van der Waals surface area contributed by atoms with Crippen LogP contribution in [0.25, 0.3) is 22.0 Å². The molecule has 0 aliphatic carbocycles. The SMILES string of the molecule is COc1c(-c2ncccc2N)cc(Cl)c2ccccc12. The van der Waals surface area contributed by atoms with Gasteiger partial charge < -0.3 is 10.5 Å². The molecule has 0 radical (unpaired) electrons. The molecule has 1 aromatic heterocycles. The average Bonchev–Trinajstić information content (AvgIpc) is 2.48. The molecule has 0 atom stereocenters. The van der Waals surface area contributed by atoms with Gasteiger partial charge in [0.05, 0.1) is 18.5 Å². The predicted octanol–water partition coefficient (Wildman–Crippen LogP) is 4.15. The van der Waals surface area contributed by atoms with E-state index in [0.717, 1.165) is 22.1 Å². The fourth-order valence-electron chi connectivity index (χ4n) is 2.34. The summed E-state index contributed by atoms with van der Waals surface area (Å²) < 4.78 is 5.57. The molecule has 0 bridgehead atoms. The molecule has 2 N–H and O–H groups in total. The van der Waals surface area contributed by atoms with E-state index in [2.05, 4.69) is 4.98 Å². The van der Waals surface area contributed by atoms with Crippen LogP contribution >= 0.6 is 11.6 Å². The Morgan fingerprint density at radius 1 is 1.10 bits per heavy atom. The van der Waals surface area contributed by atoms with Crippen LogP contribution in [-0.4, -0.2) is 12.1 Å². The molecule has 4 heteroatoms. The number of hydrogen-bond donors (Lipinski definition) is 1. The largest absolute Gasteiger partial charge is 0.495 e. The van der Waals surface area contributed by atoms with Gasteiger partial charge in [-0.15, -0.1) is 0 Å². The first kappa shape index (κ1) is 12.8. The number of nitrogens with two attached hydrogens (primary N) is 1. The third-order valence-electron chi connectivity index (χ3n) is 3.24. The normalized spacial score (nSPS) is 10.7. The second-order valence-corrected chi connectivity index (χ2v) is 4.83. The molecule has 0 aliphatic heterocycles. The molecule has 0 aliphatic rings. The van der Waals surface area contributed by atoms with E-state index in [4.69, 9.17) is 22.1 Å². The lowest BCUT2D eigenvalue weighted by molar-refractivity contribution is 0.421. The Bertz CT molecular complexity index is 787. The minimum atomic E-state index is 0.595. The van der Waals surface area contributed by atoms with Crippen LogP contribution in [0.1, 0.15) is 0 Å². The van der Waals surface area contributed by atoms with E-state index < -0.39 is 0 Å². The standard InChI is InChI=1S/C16H13ClN2O/c1-20-16-11-6-3-2-5-10(11)13(17)9-12(16)15-14(18)7-4-8-19-15/h2-9H,18H2,1H3. The zero-order valence-electron chi connectivity index (χ0n) is 10.9. The fourth-order valence-corrected chi connectivity index (χ4v) is 2.62. The van der Waals surface area contributed by atoms with Crippen molar-refractivity contribution in [1.82, 2.24) is 4.98 Å². The van der Waals surface area contributed by atoms with E-state index in [-0.39, 0.29) is 0 Å². The topological polar surface area (TPSA) is 48.1 Å². The van der Waals surface area contributed by atoms with E-state index in [9.17, 15) is 0 Å². The van der Waals surface area contributed by atoms with Crippen molar-refractivity contribution in [3.63, 3.8) is 0 Å². The monoisotopic (exact) mass is 284 g/mol. The first-order valence-electron chi connectivity index (χ1n) is 6.18. The molecule has 100 valence electrons. The Hall–Kier alpha value is -2.26. The van der Waals surface area contributed by atoms with E-state index in [1.165, 1.54) is 0 Å². The molecule has 0 fully saturated rings. The molecule has 0 saturated carbocycles. The quantitative estimate of drug-likeness (QED) is 0.769. The van der Waals surface area contributed by atoms with Crippen LogP contribution in [0.2, 0.25) is 5.02 Å². The highest BCUT2D eigenvalue weighted by atomic mass is 35.5. The lowest BCUT2D eigenvalue weighted by atomic mass is 10.0. The number of hydrogen-bond acceptors (Lipinski definition) is 3. The second kappa shape index (κ2) is 5.02. The Kier molecular flexibility index (Phi) is 3.20. The lowest BCUT2D eigenvalue weighted by Gasteiger charge is -2.14. The lowest BCUT2D eigenvalue weighted by Crippen LogP contribution is -1.96. The molecule has 0 saturated heterocycles. The molecule has 1 heterocycles. The van der Waals surface area contributed by atoms with E-state index in [1.807, 2.05) is 36.4 Å². The van der Waals surface area contributed by atoms with Gasteiger partial charge in [-0.05, 0) is 18.2 Å². The van der Waals surface area contributed by atoms with Gasteiger partial charge in [-0.25, -0.2) is 0 Å². The number of anilines is 1. The maximum atomic E-state index is 6.37. The number of nitrogens with zero attached hydrogens (tertiary/aromatic N) is 1. The predicted molar refractivity (Wildman–Crippen MR) is 83.2 cm³/mol. The Morgan fingerprint density at radius 2 is 1.85 bits per heavy atom. The highest BCUT2D eigenvalue weighted by Crippen LogP contribution is 2.41. The molecule has 0 spiro atoms. The van der Waals surface area contributed by atoms with Crippen molar-refractivity contribution in [3.8, 4) is 17.0 Å². The maximum absolute atomic E-state index is 6.37. The summed E-state index contributed by atoms with van der Waals surface area (Å²) in [6.45, 7) is 0. The van der Waals surface area contributed by atoms with Crippen molar-refractivity contribution in [2.45, 2.75) is 0 Å². The van der Waals surface area contributed by atoms with Crippen molar-refractivity contribution in [1.29, 1.82) is 0 Å². The van der Waals surface area contributed by atoms with Gasteiger partial charge >= 0.3 is 0 Å². The smallest absolute Gasteiger partial charge is 0.136 e. The summed E-state index contributed by atoms with van der Waals surface area (Å²) in [5.74, 6) is 0.732. The van der Waals surface area contributed by atoms with Crippen LogP contribution < -0.4 is 10.5 Å². The highest BCUT2D eigenvalue weighted by molar-refractivity contribution is 6.36. The summed E-state index contributed by atoms with van der Waals surface area (Å²) >= 11 is 6.37. The number of halogens is 1. The number of methoxy groups -OCH3 is 1. The Labute approximate surface area is 122 Å². The van der Waals surface area contributed by atoms with Gasteiger partial charge in [-0.3, -0.25) is 4.98 Å². The molecule has 2 aromatic carbocycles. The number of fused-ring (bicyclic) bond motifs is 1. The first-order chi connectivity index (χ1) is 9.72. The Morgan fingerprint density at radius 3 is 2.55 bits per heavy atom. The summed E-state index contributed by atoms with van der Waals surface area (Å²) in [7, 11) is 1.64. The molecule has 0 unspecified atom stereocenters. The minimum absolute atomic E-state index is 0.595. The van der Waals surface area contributed by atoms with Crippen LogP contribution in [0.15, 0.2) is 48.7 Å². The molecule has 0 amide bonds. The van der Waals surface area contributed by atoms with Crippen LogP contribution in [0.5, 0.6) is 5.75 Å². The zero-order chi connectivity index (χ0) is 14.1. The summed E-state index contributed by atoms with van der Waals surface area (Å²) in [5, 5.41) is 2.55. The van der Waals surface area contributed by atoms with Crippen LogP contribution in [0.4, 0.5) is 5.69 Å². The molecule has 3 aromatic rings. The number of pyridine rings is 1. The van der Waals surface area contributed by atoms with Crippen molar-refractivity contribution in [2.75, 3.05) is 12.8 Å². The van der Waals surface area contributed by atoms with Gasteiger partial charge in [-0.2, -0.15) is 0 Å². The Balaban J connectivity index is 2.40. The van der Waals surface area contributed by atoms with Crippen molar-refractivity contribution in [3.05, 3.63) is 53.7 Å². The summed E-state index contributed by atoms with van der Waals surface area (Å²) in [6, 6.07) is 13.3. The van der Waals surface area contributed by atoms with Gasteiger partial charge in [-0.1, -0.05) is 35.9 Å². The molecular formula is C16H13ClN2O. The summed E-state index contributed by atoms with van der Waals surface area (Å²) in [5.41, 5.74) is 8.08. The van der Waals surface area contributed by atoms with Gasteiger partial charge in [0.1, 0.15) is 5.75 Å². The van der Waals surface area contributed by atoms with Crippen molar-refractivity contribution in [2.24, 2.45) is 0 Å². The van der Waals surface area contributed by atoms with Crippen molar-refractivity contribution >= 4 is 28.1 Å². The molecule has 3 rings (SSSR count). The van der Waals surface area contributed by atoms with Crippen LogP contribution in [0.3, 0.4) is 0 Å². The number of benzene rings is 2. The van der Waals surface area contributed by atoms with E-state index in [1.54, 1.807) is 19.4 Å². The molecule has 20 heavy (non-hydrogen) atoms. The zero-order valence-corrected chi connectivity index (χ0v) is 11.7. The van der Waals surface area contributed by atoms with Crippen molar-refractivity contribution < 1.29 is 4.74 Å². The number of ether oxygens (including phenoxy) is 1. The number of nitrogen functional groups attached to an aromatic ring is 1. The molecular weight excluding hydrogens is 272 g/mol. The summed E-state index contributed by atoms with van der Waals surface area (Å²) in [4.78, 5) is 4.34. The van der Waals surface area contributed by atoms with Crippen LogP contribution in [-0.2, 0) is 0 Å². The van der Waals surface area contributed by atoms with E-state index >= 15 is 0 Å². The van der Waals surface area contributed by atoms with Gasteiger partial charge in [0.2, 0.25) is 0 Å². The van der Waals surface area contributed by atoms with Gasteiger partial charge in [0, 0.05) is 27.6 Å². The third kappa shape index (κ3) is 1.96. The maximum Gasteiger partial charge on any atom is 0.136 e. The average molecular weight is 285 g/mol. The van der Waals surface area contributed by atoms with Gasteiger partial charge in [0.25, 0.3) is 0 Å². The van der Waals surface area contributed by atoms with Gasteiger partial charge in [0.15, 0.2) is 0 Å². The molecule has 3 nitrogen and oxygen atoms in total. The van der Waals surface area contributed by atoms with E-state index in [0.29, 0.717) is 16.4 Å². The minimum Gasteiger partial charge on any atom is -0.495 e. The number of rotatable bonds is 2. The third-order valence-corrected chi connectivity index (χ3v) is 3.56.